The van der Waals surface area contributed by atoms with Crippen LogP contribution in [0.5, 0.6) is 0 Å². The van der Waals surface area contributed by atoms with Gasteiger partial charge in [0, 0.05) is 13.2 Å². The number of aromatic nitrogens is 2. The molecule has 1 aliphatic heterocycles. The van der Waals surface area contributed by atoms with Crippen LogP contribution < -0.4 is 0 Å². The van der Waals surface area contributed by atoms with Crippen LogP contribution in [0, 0.1) is 18.6 Å². The van der Waals surface area contributed by atoms with Gasteiger partial charge in [-0.05, 0) is 38.5 Å². The van der Waals surface area contributed by atoms with E-state index in [2.05, 4.69) is 10.2 Å². The van der Waals surface area contributed by atoms with Gasteiger partial charge in [-0.1, -0.05) is 6.07 Å². The highest BCUT2D eigenvalue weighted by atomic mass is 19.1. The Balaban J connectivity index is 2.06. The van der Waals surface area contributed by atoms with Crippen molar-refractivity contribution in [2.45, 2.75) is 26.3 Å². The van der Waals surface area contributed by atoms with Crippen molar-refractivity contribution < 1.29 is 13.5 Å². The first-order valence-electron chi connectivity index (χ1n) is 7.75. The molecule has 0 N–H and O–H groups in total. The lowest BCUT2D eigenvalue weighted by Crippen LogP contribution is -2.43. The standard InChI is InChI=1S/C17H20F2N4O/c1-11-10-23(17(2,3)16-21-22(4)8-9-24-16)20-15(11)14-12(18)6-5-7-13(14)19/h5-7,10H,8-9H2,1-4H3. The zero-order valence-electron chi connectivity index (χ0n) is 14.2. The zero-order chi connectivity index (χ0) is 17.5. The molecule has 128 valence electrons. The Morgan fingerprint density at radius 3 is 2.50 bits per heavy atom. The first-order valence-corrected chi connectivity index (χ1v) is 7.75. The van der Waals surface area contributed by atoms with Crippen molar-refractivity contribution in [3.8, 4) is 11.3 Å². The van der Waals surface area contributed by atoms with Crippen molar-refractivity contribution in [1.29, 1.82) is 0 Å². The third-order valence-corrected chi connectivity index (χ3v) is 4.11. The van der Waals surface area contributed by atoms with Gasteiger partial charge in [-0.15, -0.1) is 5.10 Å². The van der Waals surface area contributed by atoms with Crippen LogP contribution >= 0.6 is 0 Å². The Bertz CT molecular complexity index is 778. The molecule has 1 aromatic heterocycles. The molecule has 1 aromatic carbocycles. The van der Waals surface area contributed by atoms with E-state index in [0.717, 1.165) is 0 Å². The molecule has 1 aliphatic rings. The van der Waals surface area contributed by atoms with Gasteiger partial charge < -0.3 is 4.74 Å². The van der Waals surface area contributed by atoms with E-state index in [1.54, 1.807) is 22.8 Å². The van der Waals surface area contributed by atoms with Crippen molar-refractivity contribution in [1.82, 2.24) is 14.8 Å². The summed E-state index contributed by atoms with van der Waals surface area (Å²) in [4.78, 5) is 0. The molecular weight excluding hydrogens is 314 g/mol. The zero-order valence-corrected chi connectivity index (χ0v) is 14.2. The van der Waals surface area contributed by atoms with E-state index < -0.39 is 17.2 Å². The Morgan fingerprint density at radius 2 is 1.88 bits per heavy atom. The van der Waals surface area contributed by atoms with Gasteiger partial charge in [0.25, 0.3) is 0 Å². The molecule has 0 atom stereocenters. The molecule has 0 bridgehead atoms. The van der Waals surface area contributed by atoms with E-state index >= 15 is 0 Å². The Morgan fingerprint density at radius 1 is 1.21 bits per heavy atom. The van der Waals surface area contributed by atoms with Gasteiger partial charge in [-0.3, -0.25) is 9.69 Å². The maximum absolute atomic E-state index is 14.1. The smallest absolute Gasteiger partial charge is 0.233 e. The quantitative estimate of drug-likeness (QED) is 0.866. The van der Waals surface area contributed by atoms with E-state index in [1.165, 1.54) is 18.2 Å². The van der Waals surface area contributed by atoms with Gasteiger partial charge in [-0.2, -0.15) is 5.10 Å². The summed E-state index contributed by atoms with van der Waals surface area (Å²) in [6.07, 6.45) is 1.75. The highest BCUT2D eigenvalue weighted by Gasteiger charge is 2.33. The molecule has 0 fully saturated rings. The minimum atomic E-state index is -0.681. The van der Waals surface area contributed by atoms with Crippen molar-refractivity contribution in [3.05, 3.63) is 41.6 Å². The molecule has 24 heavy (non-hydrogen) atoms. The van der Waals surface area contributed by atoms with Crippen LogP contribution in [0.1, 0.15) is 19.4 Å². The van der Waals surface area contributed by atoms with Gasteiger partial charge in [0.2, 0.25) is 5.90 Å². The number of hydrogen-bond acceptors (Lipinski definition) is 4. The Labute approximate surface area is 139 Å². The number of likely N-dealkylation sites (N-methyl/N-ethyl adjacent to an activating group) is 1. The summed E-state index contributed by atoms with van der Waals surface area (Å²) in [5.41, 5.74) is 0.160. The Kier molecular flexibility index (Phi) is 4.03. The number of nitrogens with zero attached hydrogens (tertiary/aromatic N) is 4. The van der Waals surface area contributed by atoms with Gasteiger partial charge in [0.15, 0.2) is 0 Å². The van der Waals surface area contributed by atoms with E-state index in [0.29, 0.717) is 24.6 Å². The summed E-state index contributed by atoms with van der Waals surface area (Å²) in [6.45, 7) is 6.82. The Hall–Kier alpha value is -2.44. The number of hydrogen-bond donors (Lipinski definition) is 0. The minimum absolute atomic E-state index is 0.117. The van der Waals surface area contributed by atoms with Crippen molar-refractivity contribution in [3.63, 3.8) is 0 Å². The normalized spacial score (nSPS) is 15.2. The number of aryl methyl sites for hydroxylation is 1. The second-order valence-electron chi connectivity index (χ2n) is 6.40. The maximum Gasteiger partial charge on any atom is 0.233 e. The second-order valence-corrected chi connectivity index (χ2v) is 6.40. The first-order chi connectivity index (χ1) is 11.3. The third-order valence-electron chi connectivity index (χ3n) is 4.11. The molecule has 0 spiro atoms. The SMILES string of the molecule is Cc1cn(C(C)(C)C2=NN(C)CCO2)nc1-c1c(F)cccc1F. The fraction of sp³-hybridized carbons (Fsp3) is 0.412. The molecule has 7 heteroatoms. The molecule has 5 nitrogen and oxygen atoms in total. The first kappa shape index (κ1) is 16.4. The topological polar surface area (TPSA) is 42.7 Å². The molecule has 0 aliphatic carbocycles. The number of ether oxygens (including phenoxy) is 1. The number of benzene rings is 1. The molecule has 0 amide bonds. The van der Waals surface area contributed by atoms with E-state index in [9.17, 15) is 8.78 Å². The number of halogens is 2. The van der Waals surface area contributed by atoms with Gasteiger partial charge >= 0.3 is 0 Å². The predicted octanol–water partition coefficient (Wildman–Crippen LogP) is 3.15. The summed E-state index contributed by atoms with van der Waals surface area (Å²) in [5, 5.41) is 10.6. The van der Waals surface area contributed by atoms with Crippen LogP contribution in [0.25, 0.3) is 11.3 Å². The highest BCUT2D eigenvalue weighted by Crippen LogP contribution is 2.30. The third kappa shape index (κ3) is 2.74. The maximum atomic E-state index is 14.1. The van der Waals surface area contributed by atoms with Crippen molar-refractivity contribution in [2.24, 2.45) is 5.10 Å². The molecule has 2 heterocycles. The highest BCUT2D eigenvalue weighted by molar-refractivity contribution is 5.84. The fourth-order valence-corrected chi connectivity index (χ4v) is 2.62. The lowest BCUT2D eigenvalue weighted by Gasteiger charge is -2.31. The minimum Gasteiger partial charge on any atom is -0.476 e. The van der Waals surface area contributed by atoms with Gasteiger partial charge in [-0.25, -0.2) is 8.78 Å². The predicted molar refractivity (Wildman–Crippen MR) is 87.7 cm³/mol. The molecule has 3 rings (SSSR count). The van der Waals surface area contributed by atoms with E-state index in [4.69, 9.17) is 4.74 Å². The molecular formula is C17H20F2N4O. The molecule has 2 aromatic rings. The monoisotopic (exact) mass is 334 g/mol. The van der Waals surface area contributed by atoms with Crippen LogP contribution in [0.3, 0.4) is 0 Å². The van der Waals surface area contributed by atoms with E-state index in [1.807, 2.05) is 20.9 Å². The summed E-state index contributed by atoms with van der Waals surface area (Å²) < 4.78 is 35.5. The van der Waals surface area contributed by atoms with Crippen LogP contribution in [-0.4, -0.2) is 40.9 Å². The fourth-order valence-electron chi connectivity index (χ4n) is 2.62. The number of hydrazone groups is 1. The summed E-state index contributed by atoms with van der Waals surface area (Å²) in [7, 11) is 1.87. The van der Waals surface area contributed by atoms with Gasteiger partial charge in [0.1, 0.15) is 29.5 Å². The van der Waals surface area contributed by atoms with Crippen LogP contribution in [0.4, 0.5) is 8.78 Å². The van der Waals surface area contributed by atoms with Crippen molar-refractivity contribution in [2.75, 3.05) is 20.2 Å². The van der Waals surface area contributed by atoms with Crippen molar-refractivity contribution >= 4 is 5.90 Å². The molecule has 0 saturated heterocycles. The van der Waals surface area contributed by atoms with Crippen LogP contribution in [0.2, 0.25) is 0 Å². The summed E-state index contributed by atoms with van der Waals surface area (Å²) in [5.74, 6) is -0.751. The second kappa shape index (κ2) is 5.89. The average molecular weight is 334 g/mol. The lowest BCUT2D eigenvalue weighted by atomic mass is 10.1. The van der Waals surface area contributed by atoms with Gasteiger partial charge in [0.05, 0.1) is 12.1 Å². The lowest BCUT2D eigenvalue weighted by molar-refractivity contribution is 0.160. The van der Waals surface area contributed by atoms with E-state index in [-0.39, 0.29) is 11.3 Å². The average Bonchev–Trinajstić information content (AvgIpc) is 2.90. The number of rotatable bonds is 3. The molecule has 0 unspecified atom stereocenters. The molecule has 0 radical (unpaired) electrons. The van der Waals surface area contributed by atoms with Crippen LogP contribution in [0.15, 0.2) is 29.5 Å². The summed E-state index contributed by atoms with van der Waals surface area (Å²) >= 11 is 0. The largest absolute Gasteiger partial charge is 0.476 e. The van der Waals surface area contributed by atoms with Crippen LogP contribution in [-0.2, 0) is 10.3 Å². The molecule has 0 saturated carbocycles. The summed E-state index contributed by atoms with van der Waals surface area (Å²) in [6, 6.07) is 3.79.